The molecule has 232 valence electrons. The summed E-state index contributed by atoms with van der Waals surface area (Å²) in [5.74, 6) is -13.9. The van der Waals surface area contributed by atoms with Crippen molar-refractivity contribution in [3.05, 3.63) is 68.8 Å². The van der Waals surface area contributed by atoms with Crippen molar-refractivity contribution in [2.75, 3.05) is 27.4 Å². The number of rotatable bonds is 18. The summed E-state index contributed by atoms with van der Waals surface area (Å²) < 4.78 is 149. The topological polar surface area (TPSA) is 55.4 Å². The molecule has 0 amide bonds. The number of methoxy groups -OCH3 is 2. The average molecular weight is 684 g/mol. The SMILES string of the molecule is CCCC[O][Zr]([O]CCCC)([O]Cc1c(F)c(F)c(COC)c(F)c1F)[O]Cc1c(F)c(F)c(COC)c(F)c1F. The minimum absolute atomic E-state index is 0.0976. The van der Waals surface area contributed by atoms with Crippen LogP contribution in [0.3, 0.4) is 0 Å². The fourth-order valence-corrected chi connectivity index (χ4v) is 8.24. The van der Waals surface area contributed by atoms with E-state index in [-0.39, 0.29) is 13.2 Å². The Balaban J connectivity index is 2.50. The number of benzene rings is 2. The van der Waals surface area contributed by atoms with E-state index in [9.17, 15) is 35.1 Å². The molecule has 0 aliphatic heterocycles. The van der Waals surface area contributed by atoms with Gasteiger partial charge in [-0.1, -0.05) is 0 Å². The first-order valence-electron chi connectivity index (χ1n) is 12.7. The van der Waals surface area contributed by atoms with Gasteiger partial charge in [0.15, 0.2) is 0 Å². The van der Waals surface area contributed by atoms with Gasteiger partial charge in [0.05, 0.1) is 0 Å². The molecule has 2 aromatic carbocycles. The Morgan fingerprint density at radius 1 is 0.439 bits per heavy atom. The molecule has 15 heteroatoms. The van der Waals surface area contributed by atoms with Crippen LogP contribution in [0.2, 0.25) is 0 Å². The van der Waals surface area contributed by atoms with Crippen LogP contribution < -0.4 is 0 Å². The van der Waals surface area contributed by atoms with Gasteiger partial charge in [0.2, 0.25) is 0 Å². The zero-order valence-electron chi connectivity index (χ0n) is 23.0. The van der Waals surface area contributed by atoms with E-state index < -0.39 is 117 Å². The van der Waals surface area contributed by atoms with Crippen molar-refractivity contribution < 1.29 is 77.9 Å². The molecular formula is C26H32F8O6Zr. The Hall–Kier alpha value is -1.48. The molecular weight excluding hydrogens is 651 g/mol. The summed E-state index contributed by atoms with van der Waals surface area (Å²) in [5.41, 5.74) is -4.30. The number of hydrogen-bond donors (Lipinski definition) is 0. The van der Waals surface area contributed by atoms with Gasteiger partial charge in [0.1, 0.15) is 0 Å². The van der Waals surface area contributed by atoms with E-state index in [2.05, 4.69) is 9.47 Å². The summed E-state index contributed by atoms with van der Waals surface area (Å²) in [7, 11) is 2.14. The Morgan fingerprint density at radius 2 is 0.707 bits per heavy atom. The van der Waals surface area contributed by atoms with Crippen LogP contribution in [-0.4, -0.2) is 27.4 Å². The molecule has 0 aliphatic rings. The predicted octanol–water partition coefficient (Wildman–Crippen LogP) is 7.27. The Labute approximate surface area is 239 Å². The minimum atomic E-state index is -5.63. The van der Waals surface area contributed by atoms with Crippen LogP contribution in [0, 0.1) is 46.5 Å². The van der Waals surface area contributed by atoms with Crippen LogP contribution in [0.4, 0.5) is 35.1 Å². The first-order chi connectivity index (χ1) is 19.5. The summed E-state index contributed by atoms with van der Waals surface area (Å²) in [6.45, 7) is -0.425. The third kappa shape index (κ3) is 8.78. The van der Waals surface area contributed by atoms with Gasteiger partial charge < -0.3 is 0 Å². The number of ether oxygens (including phenoxy) is 2. The van der Waals surface area contributed by atoms with Gasteiger partial charge in [-0.2, -0.15) is 0 Å². The maximum absolute atomic E-state index is 14.8. The van der Waals surface area contributed by atoms with Crippen LogP contribution in [-0.2, 0) is 69.2 Å². The standard InChI is InChI=1S/2C9H7F4O2.2C4H9O.Zr/c2*1-15-3-5-8(12)6(10)4(2-14)7(11)9(5)13;2*1-2-3-4-5;/h2*2-3H2,1H3;2*2-4H2,1H3;/q4*-1;+4. The van der Waals surface area contributed by atoms with E-state index in [1.165, 1.54) is 0 Å². The fraction of sp³-hybridized carbons (Fsp3) is 0.538. The van der Waals surface area contributed by atoms with E-state index in [4.69, 9.17) is 11.3 Å². The average Bonchev–Trinajstić information content (AvgIpc) is 2.95. The monoisotopic (exact) mass is 682 g/mol. The number of hydrogen-bond acceptors (Lipinski definition) is 6. The predicted molar refractivity (Wildman–Crippen MR) is 125 cm³/mol. The van der Waals surface area contributed by atoms with Gasteiger partial charge in [-0.3, -0.25) is 0 Å². The molecule has 0 unspecified atom stereocenters. The van der Waals surface area contributed by atoms with Crippen LogP contribution in [0.25, 0.3) is 0 Å². The van der Waals surface area contributed by atoms with E-state index in [1.54, 1.807) is 13.8 Å². The van der Waals surface area contributed by atoms with Gasteiger partial charge in [0.25, 0.3) is 0 Å². The quantitative estimate of drug-likeness (QED) is 0.0937. The molecule has 41 heavy (non-hydrogen) atoms. The molecule has 0 saturated heterocycles. The van der Waals surface area contributed by atoms with E-state index >= 15 is 0 Å². The van der Waals surface area contributed by atoms with Crippen molar-refractivity contribution in [3.63, 3.8) is 0 Å². The third-order valence-corrected chi connectivity index (χ3v) is 11.0. The van der Waals surface area contributed by atoms with Crippen molar-refractivity contribution in [2.24, 2.45) is 0 Å². The summed E-state index contributed by atoms with van der Waals surface area (Å²) in [6, 6.07) is 0. The number of unbranched alkanes of at least 4 members (excludes halogenated alkanes) is 2. The molecule has 0 spiro atoms. The van der Waals surface area contributed by atoms with Gasteiger partial charge in [0, 0.05) is 0 Å². The second kappa shape index (κ2) is 17.0. The Kier molecular flexibility index (Phi) is 14.8. The molecule has 2 rings (SSSR count). The molecule has 0 N–H and O–H groups in total. The molecule has 6 nitrogen and oxygen atoms in total. The molecule has 0 bridgehead atoms. The summed E-state index contributed by atoms with van der Waals surface area (Å²) >= 11 is -5.63. The van der Waals surface area contributed by atoms with Crippen molar-refractivity contribution in [1.82, 2.24) is 0 Å². The van der Waals surface area contributed by atoms with E-state index in [0.717, 1.165) is 14.2 Å². The van der Waals surface area contributed by atoms with Crippen molar-refractivity contribution >= 4 is 0 Å². The molecule has 0 atom stereocenters. The zero-order chi connectivity index (χ0) is 30.7. The molecule has 0 aromatic heterocycles. The first kappa shape index (κ1) is 35.7. The summed E-state index contributed by atoms with van der Waals surface area (Å²) in [6.07, 6.45) is 1.99. The molecule has 0 saturated carbocycles. The molecule has 0 radical (unpaired) electrons. The normalized spacial score (nSPS) is 12.0. The molecule has 0 aliphatic carbocycles. The van der Waals surface area contributed by atoms with Crippen LogP contribution >= 0.6 is 0 Å². The van der Waals surface area contributed by atoms with Crippen molar-refractivity contribution in [2.45, 2.75) is 66.0 Å². The van der Waals surface area contributed by atoms with Gasteiger partial charge in [-0.25, -0.2) is 0 Å². The first-order valence-corrected chi connectivity index (χ1v) is 16.7. The van der Waals surface area contributed by atoms with Crippen molar-refractivity contribution in [3.8, 4) is 0 Å². The van der Waals surface area contributed by atoms with Crippen LogP contribution in [0.1, 0.15) is 61.8 Å². The number of halogens is 8. The van der Waals surface area contributed by atoms with Gasteiger partial charge >= 0.3 is 240 Å². The second-order valence-electron chi connectivity index (χ2n) is 8.77. The van der Waals surface area contributed by atoms with Crippen LogP contribution in [0.5, 0.6) is 0 Å². The maximum atomic E-state index is 14.8. The molecule has 0 heterocycles. The third-order valence-electron chi connectivity index (χ3n) is 5.81. The second-order valence-corrected chi connectivity index (χ2v) is 14.1. The van der Waals surface area contributed by atoms with Gasteiger partial charge in [-0.05, 0) is 0 Å². The molecule has 2 aromatic rings. The Bertz CT molecular complexity index is 1020. The van der Waals surface area contributed by atoms with Crippen molar-refractivity contribution in [1.29, 1.82) is 0 Å². The van der Waals surface area contributed by atoms with Gasteiger partial charge in [-0.15, -0.1) is 0 Å². The summed E-state index contributed by atoms with van der Waals surface area (Å²) in [4.78, 5) is 0. The summed E-state index contributed by atoms with van der Waals surface area (Å²) in [5, 5.41) is 0. The zero-order valence-corrected chi connectivity index (χ0v) is 25.5. The molecule has 0 fully saturated rings. The Morgan fingerprint density at radius 3 is 0.951 bits per heavy atom. The fourth-order valence-electron chi connectivity index (χ4n) is 3.49. The van der Waals surface area contributed by atoms with Crippen LogP contribution in [0.15, 0.2) is 0 Å². The van der Waals surface area contributed by atoms with E-state index in [0.29, 0.717) is 25.7 Å². The van der Waals surface area contributed by atoms with E-state index in [1.807, 2.05) is 0 Å².